The summed E-state index contributed by atoms with van der Waals surface area (Å²) in [6.07, 6.45) is 15.5. The van der Waals surface area contributed by atoms with E-state index >= 15 is 0 Å². The SMILES string of the molecule is CCCCCCC(=O)OC(C)(C=CC1CCC(=O)C1)CCCCC. The maximum absolute atomic E-state index is 12.2. The van der Waals surface area contributed by atoms with E-state index in [2.05, 4.69) is 26.0 Å². The molecule has 3 heteroatoms. The molecule has 1 aliphatic rings. The van der Waals surface area contributed by atoms with Crippen molar-refractivity contribution in [2.45, 2.75) is 103 Å². The molecule has 0 aromatic heterocycles. The Morgan fingerprint density at radius 2 is 1.88 bits per heavy atom. The average Bonchev–Trinajstić information content (AvgIpc) is 2.96. The van der Waals surface area contributed by atoms with E-state index in [9.17, 15) is 9.59 Å². The van der Waals surface area contributed by atoms with Crippen molar-refractivity contribution in [3.8, 4) is 0 Å². The summed E-state index contributed by atoms with van der Waals surface area (Å²) in [5.74, 6) is 0.591. The standard InChI is InChI=1S/C21H36O3/c1-4-6-8-9-11-20(23)24-21(3,15-10-7-5-2)16-14-18-12-13-19(22)17-18/h14,16,18H,4-13,15,17H2,1-3H3. The highest BCUT2D eigenvalue weighted by atomic mass is 16.6. The largest absolute Gasteiger partial charge is 0.455 e. The minimum absolute atomic E-state index is 0.0859. The molecular weight excluding hydrogens is 300 g/mol. The fourth-order valence-electron chi connectivity index (χ4n) is 3.25. The van der Waals surface area contributed by atoms with Crippen molar-refractivity contribution in [3.63, 3.8) is 0 Å². The smallest absolute Gasteiger partial charge is 0.306 e. The van der Waals surface area contributed by atoms with Gasteiger partial charge >= 0.3 is 5.97 Å². The number of allylic oxidation sites excluding steroid dienone is 1. The number of unbranched alkanes of at least 4 members (excludes halogenated alkanes) is 5. The van der Waals surface area contributed by atoms with Crippen molar-refractivity contribution in [1.29, 1.82) is 0 Å². The highest BCUT2D eigenvalue weighted by Gasteiger charge is 2.27. The zero-order chi connectivity index (χ0) is 17.8. The van der Waals surface area contributed by atoms with Gasteiger partial charge in [-0.3, -0.25) is 9.59 Å². The molecule has 0 aliphatic heterocycles. The van der Waals surface area contributed by atoms with E-state index in [1.165, 1.54) is 12.8 Å². The molecule has 0 N–H and O–H groups in total. The van der Waals surface area contributed by atoms with Gasteiger partial charge in [0.05, 0.1) is 0 Å². The molecule has 0 radical (unpaired) electrons. The molecule has 1 saturated carbocycles. The van der Waals surface area contributed by atoms with Crippen molar-refractivity contribution in [3.05, 3.63) is 12.2 Å². The summed E-state index contributed by atoms with van der Waals surface area (Å²) < 4.78 is 5.84. The van der Waals surface area contributed by atoms with Crippen LogP contribution >= 0.6 is 0 Å². The molecule has 0 saturated heterocycles. The lowest BCUT2D eigenvalue weighted by molar-refractivity contribution is -0.154. The second-order valence-electron chi connectivity index (χ2n) is 7.46. The Balaban J connectivity index is 2.54. The third-order valence-corrected chi connectivity index (χ3v) is 4.86. The summed E-state index contributed by atoms with van der Waals surface area (Å²) in [5, 5.41) is 0. The van der Waals surface area contributed by atoms with Crippen molar-refractivity contribution in [2.24, 2.45) is 5.92 Å². The maximum atomic E-state index is 12.2. The number of ketones is 1. The summed E-state index contributed by atoms with van der Waals surface area (Å²) in [7, 11) is 0. The Morgan fingerprint density at radius 3 is 2.50 bits per heavy atom. The second-order valence-corrected chi connectivity index (χ2v) is 7.46. The van der Waals surface area contributed by atoms with Crippen LogP contribution in [0.1, 0.15) is 97.8 Å². The van der Waals surface area contributed by atoms with Crippen LogP contribution in [0.2, 0.25) is 0 Å². The van der Waals surface area contributed by atoms with Crippen molar-refractivity contribution in [2.75, 3.05) is 0 Å². The van der Waals surface area contributed by atoms with E-state index in [1.807, 2.05) is 6.92 Å². The Morgan fingerprint density at radius 1 is 1.17 bits per heavy atom. The van der Waals surface area contributed by atoms with Gasteiger partial charge in [0.2, 0.25) is 0 Å². The normalized spacial score (nSPS) is 20.5. The van der Waals surface area contributed by atoms with Gasteiger partial charge in [-0.2, -0.15) is 0 Å². The van der Waals surface area contributed by atoms with Crippen LogP contribution in [0, 0.1) is 5.92 Å². The van der Waals surface area contributed by atoms with Crippen LogP contribution in [0.15, 0.2) is 12.2 Å². The van der Waals surface area contributed by atoms with E-state index < -0.39 is 5.60 Å². The summed E-state index contributed by atoms with van der Waals surface area (Å²) >= 11 is 0. The van der Waals surface area contributed by atoms with Crippen molar-refractivity contribution in [1.82, 2.24) is 0 Å². The molecular formula is C21H36O3. The first-order valence-corrected chi connectivity index (χ1v) is 9.92. The predicted molar refractivity (Wildman–Crippen MR) is 98.9 cm³/mol. The summed E-state index contributed by atoms with van der Waals surface area (Å²) in [5.41, 5.74) is -0.525. The van der Waals surface area contributed by atoms with Gasteiger partial charge in [-0.15, -0.1) is 0 Å². The van der Waals surface area contributed by atoms with Crippen LogP contribution in [-0.4, -0.2) is 17.4 Å². The first-order valence-electron chi connectivity index (χ1n) is 9.92. The lowest BCUT2D eigenvalue weighted by Crippen LogP contribution is -2.29. The van der Waals surface area contributed by atoms with E-state index in [0.29, 0.717) is 31.0 Å². The van der Waals surface area contributed by atoms with E-state index in [-0.39, 0.29) is 5.97 Å². The van der Waals surface area contributed by atoms with Gasteiger partial charge in [0, 0.05) is 19.3 Å². The lowest BCUT2D eigenvalue weighted by atomic mass is 9.95. The monoisotopic (exact) mass is 336 g/mol. The Kier molecular flexibility index (Phi) is 9.97. The van der Waals surface area contributed by atoms with Gasteiger partial charge in [0.1, 0.15) is 11.4 Å². The van der Waals surface area contributed by atoms with E-state index in [4.69, 9.17) is 4.74 Å². The summed E-state index contributed by atoms with van der Waals surface area (Å²) in [6.45, 7) is 6.36. The first-order chi connectivity index (χ1) is 11.5. The highest BCUT2D eigenvalue weighted by Crippen LogP contribution is 2.27. The zero-order valence-electron chi connectivity index (χ0n) is 15.9. The van der Waals surface area contributed by atoms with Crippen LogP contribution in [-0.2, 0) is 14.3 Å². The third kappa shape index (κ3) is 8.65. The lowest BCUT2D eigenvalue weighted by Gasteiger charge is -2.27. The van der Waals surface area contributed by atoms with Gasteiger partial charge in [-0.1, -0.05) is 52.0 Å². The molecule has 3 nitrogen and oxygen atoms in total. The highest BCUT2D eigenvalue weighted by molar-refractivity contribution is 5.80. The second kappa shape index (κ2) is 11.4. The van der Waals surface area contributed by atoms with Gasteiger partial charge in [-0.05, 0) is 44.6 Å². The molecule has 2 unspecified atom stereocenters. The molecule has 1 aliphatic carbocycles. The number of hydrogen-bond acceptors (Lipinski definition) is 3. The minimum atomic E-state index is -0.525. The topological polar surface area (TPSA) is 43.4 Å². The number of hydrogen-bond donors (Lipinski definition) is 0. The Bertz CT molecular complexity index is 413. The number of esters is 1. The van der Waals surface area contributed by atoms with Crippen molar-refractivity contribution < 1.29 is 14.3 Å². The van der Waals surface area contributed by atoms with Crippen LogP contribution in [0.4, 0.5) is 0 Å². The van der Waals surface area contributed by atoms with Crippen molar-refractivity contribution >= 4 is 11.8 Å². The molecule has 1 fully saturated rings. The Hall–Kier alpha value is -1.12. The van der Waals surface area contributed by atoms with Crippen LogP contribution in [0.25, 0.3) is 0 Å². The molecule has 2 atom stereocenters. The van der Waals surface area contributed by atoms with E-state index in [0.717, 1.165) is 44.9 Å². The fourth-order valence-corrected chi connectivity index (χ4v) is 3.25. The van der Waals surface area contributed by atoms with Gasteiger partial charge in [0.25, 0.3) is 0 Å². The average molecular weight is 337 g/mol. The molecule has 0 heterocycles. The number of Topliss-reactive ketones (excluding diaryl/α,β-unsaturated/α-hetero) is 1. The van der Waals surface area contributed by atoms with Crippen LogP contribution < -0.4 is 0 Å². The number of rotatable bonds is 12. The van der Waals surface area contributed by atoms with E-state index in [1.54, 1.807) is 0 Å². The maximum Gasteiger partial charge on any atom is 0.306 e. The molecule has 0 amide bonds. The summed E-state index contributed by atoms with van der Waals surface area (Å²) in [6, 6.07) is 0. The van der Waals surface area contributed by atoms with Gasteiger partial charge in [0.15, 0.2) is 0 Å². The van der Waals surface area contributed by atoms with Crippen LogP contribution in [0.3, 0.4) is 0 Å². The molecule has 24 heavy (non-hydrogen) atoms. The molecule has 1 rings (SSSR count). The van der Waals surface area contributed by atoms with Gasteiger partial charge < -0.3 is 4.74 Å². The Labute approximate surface area is 148 Å². The molecule has 138 valence electrons. The zero-order valence-corrected chi connectivity index (χ0v) is 15.9. The predicted octanol–water partition coefficient (Wildman–Crippen LogP) is 5.76. The fraction of sp³-hybridized carbons (Fsp3) is 0.810. The molecule has 0 bridgehead atoms. The molecule has 0 spiro atoms. The van der Waals surface area contributed by atoms with Gasteiger partial charge in [-0.25, -0.2) is 0 Å². The number of carbonyl (C=O) groups excluding carboxylic acids is 2. The number of ether oxygens (including phenoxy) is 1. The first kappa shape index (κ1) is 20.9. The third-order valence-electron chi connectivity index (χ3n) is 4.86. The molecule has 0 aromatic carbocycles. The van der Waals surface area contributed by atoms with Crippen LogP contribution in [0.5, 0.6) is 0 Å². The minimum Gasteiger partial charge on any atom is -0.455 e. The molecule has 0 aromatic rings. The summed E-state index contributed by atoms with van der Waals surface area (Å²) in [4.78, 5) is 23.6. The quantitative estimate of drug-likeness (QED) is 0.258. The number of carbonyl (C=O) groups is 2.